The second kappa shape index (κ2) is 11.0. The number of amides is 1. The van der Waals surface area contributed by atoms with E-state index in [1.807, 2.05) is 19.9 Å². The van der Waals surface area contributed by atoms with Crippen molar-refractivity contribution in [2.75, 3.05) is 18.5 Å². The summed E-state index contributed by atoms with van der Waals surface area (Å²) in [5, 5.41) is 2.91. The molecule has 1 heterocycles. The van der Waals surface area contributed by atoms with Crippen molar-refractivity contribution in [2.45, 2.75) is 71.8 Å². The van der Waals surface area contributed by atoms with Crippen LogP contribution in [0.5, 0.6) is 5.88 Å². The van der Waals surface area contributed by atoms with Gasteiger partial charge in [0.1, 0.15) is 5.60 Å². The maximum atomic E-state index is 12.6. The fraction of sp³-hybridized carbons (Fsp3) is 0.684. The summed E-state index contributed by atoms with van der Waals surface area (Å²) in [5.41, 5.74) is -0.145. The quantitative estimate of drug-likeness (QED) is 0.568. The van der Waals surface area contributed by atoms with Gasteiger partial charge in [-0.15, -0.1) is 0 Å². The Morgan fingerprint density at radius 2 is 1.88 bits per heavy atom. The first-order chi connectivity index (χ1) is 11.6. The third-order valence-corrected chi connectivity index (χ3v) is 3.85. The molecule has 1 aromatic rings. The molecule has 0 aromatic carbocycles. The molecule has 0 radical (unpaired) electrons. The van der Waals surface area contributed by atoms with Crippen molar-refractivity contribution in [3.8, 4) is 5.88 Å². The predicted octanol–water partition coefficient (Wildman–Crippen LogP) is 4.57. The molecule has 24 heavy (non-hydrogen) atoms. The van der Waals surface area contributed by atoms with E-state index in [0.717, 1.165) is 32.1 Å². The molecule has 136 valence electrons. The molecular formula is C19H32N2O3. The van der Waals surface area contributed by atoms with E-state index in [4.69, 9.17) is 9.47 Å². The lowest BCUT2D eigenvalue weighted by molar-refractivity contribution is -0.140. The van der Waals surface area contributed by atoms with Gasteiger partial charge in [0, 0.05) is 12.7 Å². The van der Waals surface area contributed by atoms with Gasteiger partial charge in [0.15, 0.2) is 0 Å². The lowest BCUT2D eigenvalue weighted by atomic mass is 9.97. The molecule has 0 aliphatic rings. The van der Waals surface area contributed by atoms with E-state index >= 15 is 0 Å². The Morgan fingerprint density at radius 3 is 2.46 bits per heavy atom. The molecule has 1 N–H and O–H groups in total. The van der Waals surface area contributed by atoms with Crippen molar-refractivity contribution in [1.82, 2.24) is 4.98 Å². The highest BCUT2D eigenvalue weighted by Crippen LogP contribution is 2.22. The third kappa shape index (κ3) is 6.87. The second-order valence-corrected chi connectivity index (χ2v) is 6.22. The van der Waals surface area contributed by atoms with Crippen LogP contribution >= 0.6 is 0 Å². The Morgan fingerprint density at radius 1 is 1.12 bits per heavy atom. The van der Waals surface area contributed by atoms with Gasteiger partial charge in [-0.25, -0.2) is 4.98 Å². The number of nitrogens with zero attached hydrogens (tertiary/aromatic N) is 1. The van der Waals surface area contributed by atoms with Crippen molar-refractivity contribution >= 4 is 11.6 Å². The number of aromatic nitrogens is 1. The highest BCUT2D eigenvalue weighted by atomic mass is 16.5. The van der Waals surface area contributed by atoms with Gasteiger partial charge in [0.05, 0.1) is 18.5 Å². The minimum absolute atomic E-state index is 0.120. The molecule has 0 aliphatic carbocycles. The van der Waals surface area contributed by atoms with Crippen LogP contribution in [0, 0.1) is 0 Å². The number of carbonyl (C=O) groups is 1. The van der Waals surface area contributed by atoms with Crippen molar-refractivity contribution in [1.29, 1.82) is 0 Å². The Labute approximate surface area is 146 Å². The number of ether oxygens (including phenoxy) is 2. The largest absolute Gasteiger partial charge is 0.478 e. The van der Waals surface area contributed by atoms with E-state index in [9.17, 15) is 4.79 Å². The first kappa shape index (κ1) is 20.4. The van der Waals surface area contributed by atoms with Crippen LogP contribution in [0.1, 0.15) is 66.2 Å². The van der Waals surface area contributed by atoms with Gasteiger partial charge in [-0.2, -0.15) is 0 Å². The average Bonchev–Trinajstić information content (AvgIpc) is 2.60. The van der Waals surface area contributed by atoms with Crippen LogP contribution in [0.25, 0.3) is 0 Å². The van der Waals surface area contributed by atoms with Crippen molar-refractivity contribution in [3.05, 3.63) is 18.3 Å². The van der Waals surface area contributed by atoms with Gasteiger partial charge in [-0.3, -0.25) is 4.79 Å². The molecule has 5 nitrogen and oxygen atoms in total. The van der Waals surface area contributed by atoms with E-state index in [1.165, 1.54) is 0 Å². The molecule has 0 unspecified atom stereocenters. The summed E-state index contributed by atoms with van der Waals surface area (Å²) in [5.74, 6) is 0.461. The van der Waals surface area contributed by atoms with Gasteiger partial charge < -0.3 is 14.8 Å². The van der Waals surface area contributed by atoms with E-state index in [2.05, 4.69) is 24.1 Å². The molecule has 1 aromatic heterocycles. The van der Waals surface area contributed by atoms with Gasteiger partial charge in [0.25, 0.3) is 5.91 Å². The Kier molecular flexibility index (Phi) is 9.38. The minimum Gasteiger partial charge on any atom is -0.478 e. The number of carbonyl (C=O) groups excluding carboxylic acids is 1. The number of hydrogen-bond donors (Lipinski definition) is 1. The van der Waals surface area contributed by atoms with Crippen LogP contribution < -0.4 is 10.1 Å². The average molecular weight is 336 g/mol. The fourth-order valence-electron chi connectivity index (χ4n) is 2.22. The number of nitrogens with one attached hydrogen (secondary N) is 1. The van der Waals surface area contributed by atoms with Crippen LogP contribution in [-0.4, -0.2) is 29.7 Å². The lowest BCUT2D eigenvalue weighted by Gasteiger charge is -2.28. The van der Waals surface area contributed by atoms with Gasteiger partial charge in [-0.05, 0) is 32.3 Å². The number of hydrogen-bond acceptors (Lipinski definition) is 4. The maximum Gasteiger partial charge on any atom is 0.256 e. The van der Waals surface area contributed by atoms with Crippen LogP contribution in [0.15, 0.2) is 18.3 Å². The van der Waals surface area contributed by atoms with Crippen LogP contribution in [0.4, 0.5) is 5.69 Å². The Hall–Kier alpha value is -1.62. The zero-order valence-corrected chi connectivity index (χ0v) is 15.6. The normalized spacial score (nSPS) is 13.3. The van der Waals surface area contributed by atoms with Crippen LogP contribution in [-0.2, 0) is 9.53 Å². The number of anilines is 1. The molecular weight excluding hydrogens is 304 g/mol. The van der Waals surface area contributed by atoms with Crippen molar-refractivity contribution in [3.63, 3.8) is 0 Å². The minimum atomic E-state index is -0.803. The van der Waals surface area contributed by atoms with E-state index < -0.39 is 5.60 Å². The molecule has 0 fully saturated rings. The molecule has 0 aliphatic heterocycles. The van der Waals surface area contributed by atoms with E-state index in [0.29, 0.717) is 31.2 Å². The summed E-state index contributed by atoms with van der Waals surface area (Å²) in [6, 6.07) is 3.59. The smallest absolute Gasteiger partial charge is 0.256 e. The van der Waals surface area contributed by atoms with Crippen LogP contribution in [0.2, 0.25) is 0 Å². The number of rotatable bonds is 12. The highest BCUT2D eigenvalue weighted by Gasteiger charge is 2.33. The fourth-order valence-corrected chi connectivity index (χ4v) is 2.22. The van der Waals surface area contributed by atoms with E-state index in [-0.39, 0.29) is 5.91 Å². The predicted molar refractivity (Wildman–Crippen MR) is 97.4 cm³/mol. The summed E-state index contributed by atoms with van der Waals surface area (Å²) in [7, 11) is 0. The molecule has 1 atom stereocenters. The Bertz CT molecular complexity index is 466. The van der Waals surface area contributed by atoms with Gasteiger partial charge in [-0.1, -0.05) is 40.0 Å². The molecule has 0 spiro atoms. The summed E-state index contributed by atoms with van der Waals surface area (Å²) in [6.07, 6.45) is 7.30. The topological polar surface area (TPSA) is 60.5 Å². The number of pyridine rings is 1. The first-order valence-corrected chi connectivity index (χ1v) is 9.10. The van der Waals surface area contributed by atoms with Gasteiger partial charge >= 0.3 is 0 Å². The molecule has 0 saturated heterocycles. The summed E-state index contributed by atoms with van der Waals surface area (Å²) in [6.45, 7) is 9.37. The highest BCUT2D eigenvalue weighted by molar-refractivity contribution is 5.96. The summed E-state index contributed by atoms with van der Waals surface area (Å²) < 4.78 is 11.4. The maximum absolute atomic E-state index is 12.6. The zero-order chi connectivity index (χ0) is 17.8. The second-order valence-electron chi connectivity index (χ2n) is 6.22. The zero-order valence-electron chi connectivity index (χ0n) is 15.6. The van der Waals surface area contributed by atoms with E-state index in [1.54, 1.807) is 12.3 Å². The number of unbranched alkanes of at least 4 members (excludes halogenated alkanes) is 2. The summed E-state index contributed by atoms with van der Waals surface area (Å²) in [4.78, 5) is 16.9. The molecule has 1 amide bonds. The molecule has 0 saturated carbocycles. The monoisotopic (exact) mass is 336 g/mol. The first-order valence-electron chi connectivity index (χ1n) is 9.10. The van der Waals surface area contributed by atoms with Gasteiger partial charge in [0.2, 0.25) is 5.88 Å². The van der Waals surface area contributed by atoms with Crippen LogP contribution in [0.3, 0.4) is 0 Å². The molecule has 5 heteroatoms. The lowest BCUT2D eigenvalue weighted by Crippen LogP contribution is -2.43. The molecule has 1 rings (SSSR count). The Balaban J connectivity index is 2.65. The van der Waals surface area contributed by atoms with Crippen molar-refractivity contribution in [2.24, 2.45) is 0 Å². The van der Waals surface area contributed by atoms with Crippen molar-refractivity contribution < 1.29 is 14.3 Å². The third-order valence-electron chi connectivity index (χ3n) is 3.85. The standard InChI is InChI=1S/C19H32N2O3/c1-5-8-12-19(4,24-13-7-3)18(22)21-16-10-11-17(20-15-16)23-14-9-6-2/h10-11,15H,5-9,12-14H2,1-4H3,(H,21,22)/t19-/m0/s1. The summed E-state index contributed by atoms with van der Waals surface area (Å²) >= 11 is 0. The SMILES string of the molecule is CCCCOc1ccc(NC(=O)[C@](C)(CCCC)OCCC)cn1. The molecule has 0 bridgehead atoms.